The highest BCUT2D eigenvalue weighted by molar-refractivity contribution is 7.98. The highest BCUT2D eigenvalue weighted by Crippen LogP contribution is 2.29. The Bertz CT molecular complexity index is 1080. The summed E-state index contributed by atoms with van der Waals surface area (Å²) in [4.78, 5) is 13.2. The molecule has 3 aromatic rings. The van der Waals surface area contributed by atoms with E-state index in [2.05, 4.69) is 19.7 Å². The molecule has 2 aromatic heterocycles. The van der Waals surface area contributed by atoms with Gasteiger partial charge >= 0.3 is 0 Å². The van der Waals surface area contributed by atoms with Crippen LogP contribution in [0, 0.1) is 6.92 Å². The molecule has 1 aliphatic rings. The van der Waals surface area contributed by atoms with Gasteiger partial charge in [0, 0.05) is 6.61 Å². The molecule has 2 unspecified atom stereocenters. The van der Waals surface area contributed by atoms with Crippen LogP contribution in [0.2, 0.25) is 0 Å². The summed E-state index contributed by atoms with van der Waals surface area (Å²) in [6.45, 7) is 2.47. The largest absolute Gasteiger partial charge is 0.356 e. The average molecular weight is 420 g/mol. The van der Waals surface area contributed by atoms with Crippen molar-refractivity contribution in [2.75, 3.05) is 12.9 Å². The van der Waals surface area contributed by atoms with E-state index in [1.165, 1.54) is 18.1 Å². The van der Waals surface area contributed by atoms with Crippen LogP contribution >= 0.6 is 11.8 Å². The van der Waals surface area contributed by atoms with E-state index < -0.39 is 22.3 Å². The van der Waals surface area contributed by atoms with E-state index >= 15 is 0 Å². The first-order valence-electron chi connectivity index (χ1n) is 8.92. The molecule has 0 saturated carbocycles. The van der Waals surface area contributed by atoms with Crippen LogP contribution in [-0.4, -0.2) is 46.8 Å². The molecule has 2 atom stereocenters. The van der Waals surface area contributed by atoms with Crippen molar-refractivity contribution in [3.63, 3.8) is 0 Å². The van der Waals surface area contributed by atoms with Gasteiger partial charge in [-0.25, -0.2) is 28.1 Å². The number of benzene rings is 1. The van der Waals surface area contributed by atoms with Gasteiger partial charge in [-0.05, 0) is 38.2 Å². The van der Waals surface area contributed by atoms with Crippen LogP contribution in [0.4, 0.5) is 0 Å². The Hall–Kier alpha value is -2.01. The average Bonchev–Trinajstić information content (AvgIpc) is 3.12. The fourth-order valence-corrected chi connectivity index (χ4v) is 5.06. The summed E-state index contributed by atoms with van der Waals surface area (Å²) in [5.41, 5.74) is 2.32. The quantitative estimate of drug-likeness (QED) is 0.501. The fourth-order valence-electron chi connectivity index (χ4n) is 3.31. The molecular weight excluding hydrogens is 398 g/mol. The lowest BCUT2D eigenvalue weighted by molar-refractivity contribution is -0.0482. The predicted octanol–water partition coefficient (Wildman–Crippen LogP) is 2.51. The lowest BCUT2D eigenvalue weighted by atomic mass is 10.1. The topological polar surface area (TPSA) is 99.0 Å². The van der Waals surface area contributed by atoms with Crippen LogP contribution in [0.3, 0.4) is 0 Å². The normalized spacial score (nSPS) is 20.5. The van der Waals surface area contributed by atoms with E-state index in [4.69, 9.17) is 4.74 Å². The highest BCUT2D eigenvalue weighted by atomic mass is 32.2. The number of nitrogens with one attached hydrogen (secondary N) is 1. The first-order chi connectivity index (χ1) is 13.5. The van der Waals surface area contributed by atoms with Crippen molar-refractivity contribution >= 4 is 32.9 Å². The standard InChI is InChI=1S/C18H21N5O3S2/c1-12-5-7-13(8-6-12)28(24,25)22-14-4-3-9-26-18(14)23-11-21-15-16(23)19-10-20-17(15)27-2/h5-8,10-11,14,18,22H,3-4,9H2,1-2H3. The molecule has 0 spiro atoms. The first kappa shape index (κ1) is 19.3. The van der Waals surface area contributed by atoms with E-state index in [9.17, 15) is 8.42 Å². The number of rotatable bonds is 5. The second-order valence-corrected chi connectivity index (χ2v) is 9.16. The third-order valence-corrected chi connectivity index (χ3v) is 6.91. The molecule has 1 saturated heterocycles. The maximum absolute atomic E-state index is 12.9. The Labute approximate surface area is 167 Å². The molecule has 1 fully saturated rings. The Balaban J connectivity index is 1.66. The van der Waals surface area contributed by atoms with Crippen molar-refractivity contribution < 1.29 is 13.2 Å². The maximum Gasteiger partial charge on any atom is 0.240 e. The molecule has 10 heteroatoms. The number of thioether (sulfide) groups is 1. The van der Waals surface area contributed by atoms with Gasteiger partial charge in [-0.15, -0.1) is 11.8 Å². The summed E-state index contributed by atoms with van der Waals surface area (Å²) in [6, 6.07) is 6.37. The fraction of sp³-hybridized carbons (Fsp3) is 0.389. The highest BCUT2D eigenvalue weighted by Gasteiger charge is 2.33. The lowest BCUT2D eigenvalue weighted by Crippen LogP contribution is -2.44. The predicted molar refractivity (Wildman–Crippen MR) is 107 cm³/mol. The van der Waals surface area contributed by atoms with Crippen LogP contribution in [0.5, 0.6) is 0 Å². The number of hydrogen-bond acceptors (Lipinski definition) is 7. The molecule has 0 bridgehead atoms. The summed E-state index contributed by atoms with van der Waals surface area (Å²) in [5, 5.41) is 0.774. The smallest absolute Gasteiger partial charge is 0.240 e. The SMILES string of the molecule is CSc1ncnc2c1ncn2C1OCCCC1NS(=O)(=O)c1ccc(C)cc1. The number of imidazole rings is 1. The Kier molecular flexibility index (Phi) is 5.37. The van der Waals surface area contributed by atoms with E-state index in [0.717, 1.165) is 17.0 Å². The number of sulfonamides is 1. The summed E-state index contributed by atoms with van der Waals surface area (Å²) >= 11 is 1.49. The van der Waals surface area contributed by atoms with Crippen molar-refractivity contribution in [1.82, 2.24) is 24.2 Å². The number of aromatic nitrogens is 4. The Morgan fingerprint density at radius 3 is 2.75 bits per heavy atom. The third-order valence-electron chi connectivity index (χ3n) is 4.72. The van der Waals surface area contributed by atoms with Crippen LogP contribution < -0.4 is 4.72 Å². The lowest BCUT2D eigenvalue weighted by Gasteiger charge is -2.32. The second-order valence-electron chi connectivity index (χ2n) is 6.65. The molecule has 4 rings (SSSR count). The summed E-state index contributed by atoms with van der Waals surface area (Å²) in [6.07, 6.45) is 5.97. The van der Waals surface area contributed by atoms with Gasteiger partial charge in [0.05, 0.1) is 17.3 Å². The van der Waals surface area contributed by atoms with Gasteiger partial charge in [0.1, 0.15) is 16.9 Å². The van der Waals surface area contributed by atoms with Crippen molar-refractivity contribution in [2.24, 2.45) is 0 Å². The van der Waals surface area contributed by atoms with Gasteiger partial charge in [-0.3, -0.25) is 4.57 Å². The molecule has 1 N–H and O–H groups in total. The second kappa shape index (κ2) is 7.78. The van der Waals surface area contributed by atoms with Crippen molar-refractivity contribution in [3.05, 3.63) is 42.5 Å². The minimum absolute atomic E-state index is 0.241. The van der Waals surface area contributed by atoms with Gasteiger partial charge in [0.15, 0.2) is 11.9 Å². The monoisotopic (exact) mass is 419 g/mol. The zero-order valence-electron chi connectivity index (χ0n) is 15.6. The van der Waals surface area contributed by atoms with Gasteiger partial charge < -0.3 is 4.74 Å². The molecule has 1 aromatic carbocycles. The van der Waals surface area contributed by atoms with Crippen LogP contribution in [0.25, 0.3) is 11.2 Å². The summed E-state index contributed by atoms with van der Waals surface area (Å²) in [5.74, 6) is 0. The van der Waals surface area contributed by atoms with Crippen LogP contribution in [-0.2, 0) is 14.8 Å². The summed E-state index contributed by atoms with van der Waals surface area (Å²) < 4.78 is 36.3. The van der Waals surface area contributed by atoms with Crippen molar-refractivity contribution in [2.45, 2.75) is 42.0 Å². The molecule has 8 nitrogen and oxygen atoms in total. The van der Waals surface area contributed by atoms with Crippen molar-refractivity contribution in [3.8, 4) is 0 Å². The molecule has 148 valence electrons. The van der Waals surface area contributed by atoms with Gasteiger partial charge in [0.25, 0.3) is 0 Å². The molecular formula is C18H21N5O3S2. The number of hydrogen-bond donors (Lipinski definition) is 1. The van der Waals surface area contributed by atoms with E-state index in [0.29, 0.717) is 24.2 Å². The number of fused-ring (bicyclic) bond motifs is 1. The number of aryl methyl sites for hydroxylation is 1. The Morgan fingerprint density at radius 2 is 2.00 bits per heavy atom. The summed E-state index contributed by atoms with van der Waals surface area (Å²) in [7, 11) is -3.67. The minimum Gasteiger partial charge on any atom is -0.356 e. The minimum atomic E-state index is -3.67. The van der Waals surface area contributed by atoms with Crippen LogP contribution in [0.1, 0.15) is 24.6 Å². The Morgan fingerprint density at radius 1 is 1.21 bits per heavy atom. The van der Waals surface area contributed by atoms with E-state index in [1.807, 2.05) is 13.2 Å². The van der Waals surface area contributed by atoms with E-state index in [-0.39, 0.29) is 4.90 Å². The number of ether oxygens (including phenoxy) is 1. The molecule has 0 aliphatic carbocycles. The molecule has 1 aliphatic heterocycles. The van der Waals surface area contributed by atoms with Crippen LogP contribution in [0.15, 0.2) is 46.8 Å². The number of nitrogens with zero attached hydrogens (tertiary/aromatic N) is 4. The zero-order chi connectivity index (χ0) is 19.7. The zero-order valence-corrected chi connectivity index (χ0v) is 17.2. The third kappa shape index (κ3) is 3.64. The molecule has 3 heterocycles. The van der Waals surface area contributed by atoms with Gasteiger partial charge in [-0.2, -0.15) is 0 Å². The molecule has 0 radical (unpaired) electrons. The molecule has 28 heavy (non-hydrogen) atoms. The first-order valence-corrected chi connectivity index (χ1v) is 11.6. The van der Waals surface area contributed by atoms with Gasteiger partial charge in [-0.1, -0.05) is 17.7 Å². The van der Waals surface area contributed by atoms with Gasteiger partial charge in [0.2, 0.25) is 10.0 Å². The van der Waals surface area contributed by atoms with Crippen molar-refractivity contribution in [1.29, 1.82) is 0 Å². The maximum atomic E-state index is 12.9. The van der Waals surface area contributed by atoms with E-state index in [1.54, 1.807) is 35.2 Å². The molecule has 0 amide bonds.